The van der Waals surface area contributed by atoms with Gasteiger partial charge >= 0.3 is 0 Å². The Hall–Kier alpha value is -1.11. The number of hydrogen-bond acceptors (Lipinski definition) is 1. The van der Waals surface area contributed by atoms with Crippen LogP contribution in [-0.4, -0.2) is 5.78 Å². The third-order valence-corrected chi connectivity index (χ3v) is 3.33. The molecule has 0 amide bonds. The van der Waals surface area contributed by atoms with Gasteiger partial charge in [0, 0.05) is 12.8 Å². The van der Waals surface area contributed by atoms with E-state index in [1.807, 2.05) is 6.07 Å². The average molecular weight is 202 g/mol. The lowest BCUT2D eigenvalue weighted by molar-refractivity contribution is -0.123. The first-order chi connectivity index (χ1) is 7.18. The van der Waals surface area contributed by atoms with Gasteiger partial charge in [0.25, 0.3) is 0 Å². The van der Waals surface area contributed by atoms with E-state index in [0.717, 1.165) is 25.7 Å². The summed E-state index contributed by atoms with van der Waals surface area (Å²) in [5.74, 6) is 0.444. The molecule has 1 nitrogen and oxygen atoms in total. The van der Waals surface area contributed by atoms with Crippen molar-refractivity contribution in [3.8, 4) is 0 Å². The van der Waals surface area contributed by atoms with Crippen molar-refractivity contribution in [1.82, 2.24) is 0 Å². The van der Waals surface area contributed by atoms with Crippen molar-refractivity contribution in [2.45, 2.75) is 39.0 Å². The first-order valence-corrected chi connectivity index (χ1v) is 5.74. The smallest absolute Gasteiger partial charge is 0.133 e. The van der Waals surface area contributed by atoms with Crippen molar-refractivity contribution < 1.29 is 4.79 Å². The molecule has 1 heteroatoms. The Balaban J connectivity index is 2.07. The molecule has 0 saturated heterocycles. The van der Waals surface area contributed by atoms with Gasteiger partial charge in [-0.05, 0) is 30.2 Å². The second-order valence-corrected chi connectivity index (χ2v) is 5.04. The largest absolute Gasteiger partial charge is 0.300 e. The summed E-state index contributed by atoms with van der Waals surface area (Å²) >= 11 is 0. The maximum absolute atomic E-state index is 11.5. The lowest BCUT2D eigenvalue weighted by Crippen LogP contribution is -2.27. The summed E-state index contributed by atoms with van der Waals surface area (Å²) in [6.45, 7) is 2.25. The Labute approximate surface area is 91.5 Å². The molecule has 0 heterocycles. The predicted molar refractivity (Wildman–Crippen MR) is 61.7 cm³/mol. The number of carbonyl (C=O) groups excluding carboxylic acids is 1. The normalized spacial score (nSPS) is 26.6. The Bertz CT molecular complexity index is 342. The van der Waals surface area contributed by atoms with Crippen LogP contribution in [0.2, 0.25) is 0 Å². The van der Waals surface area contributed by atoms with Crippen LogP contribution < -0.4 is 0 Å². The number of carbonyl (C=O) groups is 1. The highest BCUT2D eigenvalue weighted by atomic mass is 16.1. The van der Waals surface area contributed by atoms with E-state index in [-0.39, 0.29) is 5.41 Å². The van der Waals surface area contributed by atoms with E-state index in [2.05, 4.69) is 31.2 Å². The van der Waals surface area contributed by atoms with Gasteiger partial charge in [0.2, 0.25) is 0 Å². The molecular formula is C14H18O. The number of benzene rings is 1. The minimum atomic E-state index is 0.205. The molecule has 1 atom stereocenters. The van der Waals surface area contributed by atoms with Crippen molar-refractivity contribution in [2.75, 3.05) is 0 Å². The average Bonchev–Trinajstić information content (AvgIpc) is 2.18. The zero-order valence-electron chi connectivity index (χ0n) is 9.33. The topological polar surface area (TPSA) is 17.1 Å². The van der Waals surface area contributed by atoms with E-state index in [0.29, 0.717) is 5.78 Å². The van der Waals surface area contributed by atoms with Gasteiger partial charge < -0.3 is 0 Å². The van der Waals surface area contributed by atoms with Gasteiger partial charge in [0.05, 0.1) is 0 Å². The van der Waals surface area contributed by atoms with Gasteiger partial charge in [-0.15, -0.1) is 0 Å². The lowest BCUT2D eigenvalue weighted by Gasteiger charge is -2.32. The first kappa shape index (κ1) is 10.4. The standard InChI is InChI=1S/C14H18O/c1-14(9-5-8-13(15)11-14)10-12-6-3-2-4-7-12/h2-4,6-7H,5,8-11H2,1H3. The Morgan fingerprint density at radius 1 is 1.27 bits per heavy atom. The minimum Gasteiger partial charge on any atom is -0.300 e. The van der Waals surface area contributed by atoms with E-state index >= 15 is 0 Å². The maximum Gasteiger partial charge on any atom is 0.133 e. The van der Waals surface area contributed by atoms with Crippen LogP contribution in [0.4, 0.5) is 0 Å². The van der Waals surface area contributed by atoms with Crippen LogP contribution in [0.3, 0.4) is 0 Å². The fourth-order valence-corrected chi connectivity index (χ4v) is 2.60. The molecule has 1 aliphatic carbocycles. The highest BCUT2D eigenvalue weighted by Gasteiger charge is 2.30. The van der Waals surface area contributed by atoms with Gasteiger partial charge in [0.1, 0.15) is 5.78 Å². The molecule has 1 aromatic carbocycles. The summed E-state index contributed by atoms with van der Waals surface area (Å²) in [5.41, 5.74) is 1.56. The zero-order chi connectivity index (χ0) is 10.7. The SMILES string of the molecule is CC1(Cc2ccccc2)CCCC(=O)C1. The van der Waals surface area contributed by atoms with E-state index in [9.17, 15) is 4.79 Å². The van der Waals surface area contributed by atoms with Crippen LogP contribution in [-0.2, 0) is 11.2 Å². The van der Waals surface area contributed by atoms with Crippen LogP contribution >= 0.6 is 0 Å². The van der Waals surface area contributed by atoms with Crippen LogP contribution in [0.1, 0.15) is 38.2 Å². The van der Waals surface area contributed by atoms with Crippen molar-refractivity contribution in [1.29, 1.82) is 0 Å². The van der Waals surface area contributed by atoms with E-state index in [4.69, 9.17) is 0 Å². The molecule has 1 aliphatic rings. The predicted octanol–water partition coefficient (Wildman–Crippen LogP) is 3.38. The number of ketones is 1. The van der Waals surface area contributed by atoms with Crippen molar-refractivity contribution in [3.05, 3.63) is 35.9 Å². The second-order valence-electron chi connectivity index (χ2n) is 5.04. The van der Waals surface area contributed by atoms with Crippen molar-refractivity contribution >= 4 is 5.78 Å². The van der Waals surface area contributed by atoms with Crippen LogP contribution in [0, 0.1) is 5.41 Å². The fourth-order valence-electron chi connectivity index (χ4n) is 2.60. The monoisotopic (exact) mass is 202 g/mol. The Morgan fingerprint density at radius 3 is 2.67 bits per heavy atom. The molecule has 0 radical (unpaired) electrons. The summed E-state index contributed by atoms with van der Waals surface area (Å²) in [7, 11) is 0. The van der Waals surface area contributed by atoms with Gasteiger partial charge in [-0.25, -0.2) is 0 Å². The first-order valence-electron chi connectivity index (χ1n) is 5.74. The lowest BCUT2D eigenvalue weighted by atomic mass is 9.71. The van der Waals surface area contributed by atoms with Crippen molar-refractivity contribution in [2.24, 2.45) is 5.41 Å². The molecule has 1 saturated carbocycles. The molecule has 0 bridgehead atoms. The maximum atomic E-state index is 11.5. The number of hydrogen-bond donors (Lipinski definition) is 0. The Morgan fingerprint density at radius 2 is 2.00 bits per heavy atom. The molecule has 0 N–H and O–H groups in total. The highest BCUT2D eigenvalue weighted by molar-refractivity contribution is 5.79. The molecule has 0 aliphatic heterocycles. The zero-order valence-corrected chi connectivity index (χ0v) is 9.33. The third kappa shape index (κ3) is 2.68. The molecule has 1 fully saturated rings. The summed E-state index contributed by atoms with van der Waals surface area (Å²) in [6, 6.07) is 10.5. The third-order valence-electron chi connectivity index (χ3n) is 3.33. The minimum absolute atomic E-state index is 0.205. The Kier molecular flexibility index (Phi) is 2.90. The summed E-state index contributed by atoms with van der Waals surface area (Å²) in [4.78, 5) is 11.5. The van der Waals surface area contributed by atoms with E-state index < -0.39 is 0 Å². The van der Waals surface area contributed by atoms with Gasteiger partial charge in [-0.2, -0.15) is 0 Å². The molecular weight excluding hydrogens is 184 g/mol. The van der Waals surface area contributed by atoms with E-state index in [1.54, 1.807) is 0 Å². The van der Waals surface area contributed by atoms with Crippen LogP contribution in [0.5, 0.6) is 0 Å². The molecule has 2 rings (SSSR count). The number of rotatable bonds is 2. The molecule has 15 heavy (non-hydrogen) atoms. The second kappa shape index (κ2) is 4.18. The summed E-state index contributed by atoms with van der Waals surface area (Å²) < 4.78 is 0. The highest BCUT2D eigenvalue weighted by Crippen LogP contribution is 2.36. The number of Topliss-reactive ketones (excluding diaryl/α,β-unsaturated/α-hetero) is 1. The van der Waals surface area contributed by atoms with Gasteiger partial charge in [-0.3, -0.25) is 4.79 Å². The van der Waals surface area contributed by atoms with Crippen molar-refractivity contribution in [3.63, 3.8) is 0 Å². The molecule has 0 aromatic heterocycles. The quantitative estimate of drug-likeness (QED) is 0.718. The van der Waals surface area contributed by atoms with Crippen LogP contribution in [0.25, 0.3) is 0 Å². The summed E-state index contributed by atoms with van der Waals surface area (Å²) in [5, 5.41) is 0. The van der Waals surface area contributed by atoms with Gasteiger partial charge in [0.15, 0.2) is 0 Å². The summed E-state index contributed by atoms with van der Waals surface area (Å²) in [6.07, 6.45) is 4.86. The molecule has 80 valence electrons. The molecule has 1 aromatic rings. The molecule has 0 spiro atoms. The van der Waals surface area contributed by atoms with Crippen LogP contribution in [0.15, 0.2) is 30.3 Å². The molecule has 1 unspecified atom stereocenters. The fraction of sp³-hybridized carbons (Fsp3) is 0.500. The van der Waals surface area contributed by atoms with E-state index in [1.165, 1.54) is 12.0 Å². The van der Waals surface area contributed by atoms with Gasteiger partial charge in [-0.1, -0.05) is 37.3 Å².